The van der Waals surface area contributed by atoms with Crippen LogP contribution in [-0.2, 0) is 0 Å². The van der Waals surface area contributed by atoms with Crippen molar-refractivity contribution in [3.05, 3.63) is 30.1 Å². The lowest BCUT2D eigenvalue weighted by atomic mass is 10.1. The third-order valence-corrected chi connectivity index (χ3v) is 3.74. The van der Waals surface area contributed by atoms with Crippen molar-refractivity contribution in [1.29, 1.82) is 0 Å². The Morgan fingerprint density at radius 3 is 2.71 bits per heavy atom. The van der Waals surface area contributed by atoms with Crippen molar-refractivity contribution in [3.63, 3.8) is 0 Å². The highest BCUT2D eigenvalue weighted by Gasteiger charge is 2.20. The van der Waals surface area contributed by atoms with Crippen molar-refractivity contribution < 1.29 is 0 Å². The molecule has 3 nitrogen and oxygen atoms in total. The van der Waals surface area contributed by atoms with E-state index in [-0.39, 0.29) is 0 Å². The number of aromatic amines is 1. The third kappa shape index (κ3) is 2.07. The van der Waals surface area contributed by atoms with E-state index in [9.17, 15) is 0 Å². The number of benzene rings is 1. The molecular weight excluding hydrogens is 210 g/mol. The Kier molecular flexibility index (Phi) is 2.85. The minimum atomic E-state index is 0.405. The van der Waals surface area contributed by atoms with Crippen LogP contribution in [0.3, 0.4) is 0 Å². The highest BCUT2D eigenvalue weighted by Crippen LogP contribution is 2.23. The number of likely N-dealkylation sites (tertiary alicyclic amines) is 1. The lowest BCUT2D eigenvalue weighted by Gasteiger charge is -2.31. The fourth-order valence-corrected chi connectivity index (χ4v) is 2.65. The standard InChI is InChI=1S/C14H19N3/c1-11(17-9-5-2-6-10-17)14-15-12-7-3-4-8-13(12)16-14/h3-4,7-8,11H,2,5-6,9-10H2,1H3,(H,15,16). The fraction of sp³-hybridized carbons (Fsp3) is 0.500. The number of para-hydroxylation sites is 2. The molecule has 0 radical (unpaired) electrons. The minimum Gasteiger partial charge on any atom is -0.341 e. The van der Waals surface area contributed by atoms with Crippen molar-refractivity contribution in [3.8, 4) is 0 Å². The summed E-state index contributed by atoms with van der Waals surface area (Å²) in [6, 6.07) is 8.66. The zero-order valence-corrected chi connectivity index (χ0v) is 10.3. The van der Waals surface area contributed by atoms with Gasteiger partial charge in [-0.25, -0.2) is 4.98 Å². The summed E-state index contributed by atoms with van der Waals surface area (Å²) in [5, 5.41) is 0. The number of hydrogen-bond acceptors (Lipinski definition) is 2. The molecule has 1 atom stereocenters. The molecule has 0 amide bonds. The van der Waals surface area contributed by atoms with E-state index in [0.717, 1.165) is 16.9 Å². The first-order valence-electron chi connectivity index (χ1n) is 6.53. The van der Waals surface area contributed by atoms with Crippen LogP contribution < -0.4 is 0 Å². The van der Waals surface area contributed by atoms with Crippen LogP contribution in [0.25, 0.3) is 11.0 Å². The molecule has 0 saturated carbocycles. The Morgan fingerprint density at radius 1 is 1.18 bits per heavy atom. The van der Waals surface area contributed by atoms with Gasteiger partial charge in [0, 0.05) is 0 Å². The molecule has 3 heteroatoms. The average Bonchev–Trinajstić information content (AvgIpc) is 2.82. The number of hydrogen-bond donors (Lipinski definition) is 1. The number of aromatic nitrogens is 2. The molecule has 1 aliphatic heterocycles. The molecule has 1 unspecified atom stereocenters. The zero-order chi connectivity index (χ0) is 11.7. The highest BCUT2D eigenvalue weighted by atomic mass is 15.2. The molecule has 17 heavy (non-hydrogen) atoms. The Morgan fingerprint density at radius 2 is 1.94 bits per heavy atom. The molecule has 2 aromatic rings. The summed E-state index contributed by atoms with van der Waals surface area (Å²) in [7, 11) is 0. The minimum absolute atomic E-state index is 0.405. The molecule has 1 aromatic heterocycles. The first kappa shape index (κ1) is 10.8. The van der Waals surface area contributed by atoms with Crippen molar-refractivity contribution in [2.24, 2.45) is 0 Å². The van der Waals surface area contributed by atoms with E-state index in [2.05, 4.69) is 35.0 Å². The second-order valence-corrected chi connectivity index (χ2v) is 4.91. The molecule has 0 spiro atoms. The van der Waals surface area contributed by atoms with Gasteiger partial charge in [0.25, 0.3) is 0 Å². The molecule has 1 aromatic carbocycles. The molecular formula is C14H19N3. The second-order valence-electron chi connectivity index (χ2n) is 4.91. The SMILES string of the molecule is CC(c1nc2ccccc2[nH]1)N1CCCCC1. The van der Waals surface area contributed by atoms with Gasteiger partial charge in [-0.1, -0.05) is 18.6 Å². The molecule has 3 rings (SSSR count). The van der Waals surface area contributed by atoms with E-state index in [1.54, 1.807) is 0 Å². The summed E-state index contributed by atoms with van der Waals surface area (Å²) in [5.41, 5.74) is 2.22. The summed E-state index contributed by atoms with van der Waals surface area (Å²) in [4.78, 5) is 10.7. The van der Waals surface area contributed by atoms with Gasteiger partial charge in [-0.3, -0.25) is 4.90 Å². The lowest BCUT2D eigenvalue weighted by molar-refractivity contribution is 0.169. The topological polar surface area (TPSA) is 31.9 Å². The number of fused-ring (bicyclic) bond motifs is 1. The van der Waals surface area contributed by atoms with Crippen molar-refractivity contribution >= 4 is 11.0 Å². The molecule has 1 fully saturated rings. The second kappa shape index (κ2) is 4.49. The van der Waals surface area contributed by atoms with Gasteiger partial charge in [0.15, 0.2) is 0 Å². The maximum Gasteiger partial charge on any atom is 0.124 e. The van der Waals surface area contributed by atoms with Gasteiger partial charge in [0.05, 0.1) is 17.1 Å². The Hall–Kier alpha value is -1.35. The quantitative estimate of drug-likeness (QED) is 0.858. The van der Waals surface area contributed by atoms with Crippen LogP contribution in [0.5, 0.6) is 0 Å². The first-order valence-corrected chi connectivity index (χ1v) is 6.53. The van der Waals surface area contributed by atoms with Crippen LogP contribution in [0.4, 0.5) is 0 Å². The summed E-state index contributed by atoms with van der Waals surface area (Å²) < 4.78 is 0. The summed E-state index contributed by atoms with van der Waals surface area (Å²) in [6.45, 7) is 4.67. The van der Waals surface area contributed by atoms with Gasteiger partial charge in [0.2, 0.25) is 0 Å². The van der Waals surface area contributed by atoms with E-state index < -0.39 is 0 Å². The predicted octanol–water partition coefficient (Wildman–Crippen LogP) is 3.11. The Bertz CT molecular complexity index is 464. The van der Waals surface area contributed by atoms with E-state index in [1.165, 1.54) is 32.4 Å². The molecule has 1 saturated heterocycles. The van der Waals surface area contributed by atoms with E-state index in [4.69, 9.17) is 4.98 Å². The van der Waals surface area contributed by atoms with Gasteiger partial charge in [-0.15, -0.1) is 0 Å². The van der Waals surface area contributed by atoms with Crippen LogP contribution in [0, 0.1) is 0 Å². The van der Waals surface area contributed by atoms with Crippen LogP contribution >= 0.6 is 0 Å². The molecule has 0 bridgehead atoms. The van der Waals surface area contributed by atoms with Crippen LogP contribution in [0.1, 0.15) is 38.1 Å². The smallest absolute Gasteiger partial charge is 0.124 e. The van der Waals surface area contributed by atoms with E-state index >= 15 is 0 Å². The lowest BCUT2D eigenvalue weighted by Crippen LogP contribution is -2.32. The first-order chi connectivity index (χ1) is 8.34. The third-order valence-electron chi connectivity index (χ3n) is 3.74. The number of nitrogens with one attached hydrogen (secondary N) is 1. The summed E-state index contributed by atoms with van der Waals surface area (Å²) in [6.07, 6.45) is 4.03. The zero-order valence-electron chi connectivity index (χ0n) is 10.3. The number of rotatable bonds is 2. The highest BCUT2D eigenvalue weighted by molar-refractivity contribution is 5.74. The van der Waals surface area contributed by atoms with Crippen molar-refractivity contribution in [2.45, 2.75) is 32.2 Å². The number of imidazole rings is 1. The monoisotopic (exact) mass is 229 g/mol. The Labute approximate surface area is 102 Å². The van der Waals surface area contributed by atoms with E-state index in [0.29, 0.717) is 6.04 Å². The van der Waals surface area contributed by atoms with Gasteiger partial charge >= 0.3 is 0 Å². The number of H-pyrrole nitrogens is 1. The fourth-order valence-electron chi connectivity index (χ4n) is 2.65. The maximum absolute atomic E-state index is 4.69. The number of piperidine rings is 1. The molecule has 90 valence electrons. The number of nitrogens with zero attached hydrogens (tertiary/aromatic N) is 2. The van der Waals surface area contributed by atoms with Crippen molar-refractivity contribution in [2.75, 3.05) is 13.1 Å². The molecule has 1 N–H and O–H groups in total. The van der Waals surface area contributed by atoms with Crippen LogP contribution in [0.2, 0.25) is 0 Å². The molecule has 0 aliphatic carbocycles. The average molecular weight is 229 g/mol. The molecule has 1 aliphatic rings. The summed E-state index contributed by atoms with van der Waals surface area (Å²) in [5.74, 6) is 1.10. The maximum atomic E-state index is 4.69. The van der Waals surface area contributed by atoms with Gasteiger partial charge in [-0.05, 0) is 45.0 Å². The van der Waals surface area contributed by atoms with Gasteiger partial charge in [-0.2, -0.15) is 0 Å². The Balaban J connectivity index is 1.86. The van der Waals surface area contributed by atoms with Gasteiger partial charge < -0.3 is 4.98 Å². The summed E-state index contributed by atoms with van der Waals surface area (Å²) >= 11 is 0. The molecule has 2 heterocycles. The van der Waals surface area contributed by atoms with Crippen LogP contribution in [0.15, 0.2) is 24.3 Å². The van der Waals surface area contributed by atoms with Gasteiger partial charge in [0.1, 0.15) is 5.82 Å². The predicted molar refractivity (Wildman–Crippen MR) is 69.9 cm³/mol. The van der Waals surface area contributed by atoms with Crippen LogP contribution in [-0.4, -0.2) is 28.0 Å². The van der Waals surface area contributed by atoms with Crippen molar-refractivity contribution in [1.82, 2.24) is 14.9 Å². The normalized spacial score (nSPS) is 19.6. The van der Waals surface area contributed by atoms with E-state index in [1.807, 2.05) is 6.07 Å². The largest absolute Gasteiger partial charge is 0.341 e.